The number of nitrogens with zero attached hydrogens (tertiary/aromatic N) is 3. The SMILES string of the molecule is c1ccc2oc(NC3CCN(CCc4ccncc4)CC3)nc2c1. The van der Waals surface area contributed by atoms with Crippen LogP contribution in [0.4, 0.5) is 6.01 Å². The van der Waals surface area contributed by atoms with Gasteiger partial charge in [0.2, 0.25) is 0 Å². The topological polar surface area (TPSA) is 54.2 Å². The first-order valence-corrected chi connectivity index (χ1v) is 8.60. The van der Waals surface area contributed by atoms with Crippen LogP contribution in [0.25, 0.3) is 11.1 Å². The van der Waals surface area contributed by atoms with Crippen LogP contribution in [0.1, 0.15) is 18.4 Å². The van der Waals surface area contributed by atoms with Crippen molar-refractivity contribution in [2.45, 2.75) is 25.3 Å². The highest BCUT2D eigenvalue weighted by Crippen LogP contribution is 2.21. The molecule has 0 bridgehead atoms. The molecule has 0 spiro atoms. The molecule has 1 aliphatic rings. The molecule has 124 valence electrons. The van der Waals surface area contributed by atoms with Crippen molar-refractivity contribution < 1.29 is 4.42 Å². The number of aromatic nitrogens is 2. The molecular formula is C19H22N4O. The van der Waals surface area contributed by atoms with Gasteiger partial charge < -0.3 is 14.6 Å². The molecule has 0 radical (unpaired) electrons. The number of piperidine rings is 1. The highest BCUT2D eigenvalue weighted by Gasteiger charge is 2.20. The smallest absolute Gasteiger partial charge is 0.295 e. The van der Waals surface area contributed by atoms with E-state index in [-0.39, 0.29) is 0 Å². The first kappa shape index (κ1) is 15.1. The number of hydrogen-bond donors (Lipinski definition) is 1. The van der Waals surface area contributed by atoms with E-state index in [4.69, 9.17) is 4.42 Å². The molecule has 3 heterocycles. The van der Waals surface area contributed by atoms with Gasteiger partial charge in [0, 0.05) is 38.1 Å². The highest BCUT2D eigenvalue weighted by atomic mass is 16.4. The van der Waals surface area contributed by atoms with Crippen LogP contribution in [0, 0.1) is 0 Å². The lowest BCUT2D eigenvalue weighted by Crippen LogP contribution is -2.40. The predicted octanol–water partition coefficient (Wildman–Crippen LogP) is 3.34. The average molecular weight is 322 g/mol. The van der Waals surface area contributed by atoms with Crippen molar-refractivity contribution in [3.8, 4) is 0 Å². The van der Waals surface area contributed by atoms with Gasteiger partial charge in [0.05, 0.1) is 0 Å². The van der Waals surface area contributed by atoms with Crippen molar-refractivity contribution in [3.63, 3.8) is 0 Å². The van der Waals surface area contributed by atoms with Crippen LogP contribution in [-0.4, -0.2) is 40.5 Å². The number of pyridine rings is 1. The molecule has 4 rings (SSSR count). The summed E-state index contributed by atoms with van der Waals surface area (Å²) in [6.07, 6.45) is 7.06. The third-order valence-electron chi connectivity index (χ3n) is 4.68. The first-order chi connectivity index (χ1) is 11.9. The van der Waals surface area contributed by atoms with Crippen LogP contribution < -0.4 is 5.32 Å². The van der Waals surface area contributed by atoms with E-state index in [0.29, 0.717) is 12.1 Å². The Morgan fingerprint density at radius 1 is 1.08 bits per heavy atom. The summed E-state index contributed by atoms with van der Waals surface area (Å²) in [5.74, 6) is 0. The molecule has 1 N–H and O–H groups in total. The second kappa shape index (κ2) is 7.01. The third-order valence-corrected chi connectivity index (χ3v) is 4.68. The fraction of sp³-hybridized carbons (Fsp3) is 0.368. The summed E-state index contributed by atoms with van der Waals surface area (Å²) in [5.41, 5.74) is 3.11. The Morgan fingerprint density at radius 2 is 1.88 bits per heavy atom. The van der Waals surface area contributed by atoms with Gasteiger partial charge in [-0.25, -0.2) is 0 Å². The Bertz CT molecular complexity index is 745. The monoisotopic (exact) mass is 322 g/mol. The van der Waals surface area contributed by atoms with E-state index in [2.05, 4.69) is 32.3 Å². The quantitative estimate of drug-likeness (QED) is 0.781. The fourth-order valence-electron chi connectivity index (χ4n) is 3.25. The number of likely N-dealkylation sites (tertiary alicyclic amines) is 1. The maximum atomic E-state index is 5.76. The molecule has 0 saturated carbocycles. The number of benzene rings is 1. The van der Waals surface area contributed by atoms with Gasteiger partial charge in [0.25, 0.3) is 6.01 Å². The summed E-state index contributed by atoms with van der Waals surface area (Å²) in [6.45, 7) is 3.34. The van der Waals surface area contributed by atoms with Gasteiger partial charge >= 0.3 is 0 Å². The number of para-hydroxylation sites is 2. The van der Waals surface area contributed by atoms with Gasteiger partial charge in [0.15, 0.2) is 5.58 Å². The Kier molecular flexibility index (Phi) is 4.42. The molecule has 1 aromatic carbocycles. The molecule has 5 heteroatoms. The molecule has 1 aliphatic heterocycles. The second-order valence-electron chi connectivity index (χ2n) is 6.35. The van der Waals surface area contributed by atoms with Crippen LogP contribution in [0.5, 0.6) is 0 Å². The van der Waals surface area contributed by atoms with E-state index in [0.717, 1.165) is 50.0 Å². The van der Waals surface area contributed by atoms with E-state index in [1.807, 2.05) is 36.7 Å². The van der Waals surface area contributed by atoms with Crippen molar-refractivity contribution in [2.24, 2.45) is 0 Å². The third kappa shape index (κ3) is 3.57. The van der Waals surface area contributed by atoms with Crippen LogP contribution >= 0.6 is 0 Å². The maximum absolute atomic E-state index is 5.76. The largest absolute Gasteiger partial charge is 0.424 e. The van der Waals surface area contributed by atoms with E-state index in [1.165, 1.54) is 5.56 Å². The molecule has 5 nitrogen and oxygen atoms in total. The fourth-order valence-corrected chi connectivity index (χ4v) is 3.25. The van der Waals surface area contributed by atoms with Crippen LogP contribution in [0.15, 0.2) is 53.2 Å². The molecule has 1 fully saturated rings. The average Bonchev–Trinajstić information content (AvgIpc) is 3.04. The first-order valence-electron chi connectivity index (χ1n) is 8.60. The Morgan fingerprint density at radius 3 is 2.67 bits per heavy atom. The molecule has 1 saturated heterocycles. The molecule has 24 heavy (non-hydrogen) atoms. The van der Waals surface area contributed by atoms with Gasteiger partial charge in [-0.2, -0.15) is 4.98 Å². The van der Waals surface area contributed by atoms with Crippen molar-refractivity contribution >= 4 is 17.1 Å². The van der Waals surface area contributed by atoms with Gasteiger partial charge in [-0.3, -0.25) is 4.98 Å². The van der Waals surface area contributed by atoms with Gasteiger partial charge in [0.1, 0.15) is 5.52 Å². The molecule has 0 atom stereocenters. The number of oxazole rings is 1. The van der Waals surface area contributed by atoms with Gasteiger partial charge in [-0.1, -0.05) is 12.1 Å². The van der Waals surface area contributed by atoms with Crippen molar-refractivity contribution in [1.82, 2.24) is 14.9 Å². The number of nitrogens with one attached hydrogen (secondary N) is 1. The second-order valence-corrected chi connectivity index (χ2v) is 6.35. The van der Waals surface area contributed by atoms with E-state index >= 15 is 0 Å². The minimum absolute atomic E-state index is 0.440. The summed E-state index contributed by atoms with van der Waals surface area (Å²) in [5, 5.41) is 3.45. The predicted molar refractivity (Wildman–Crippen MR) is 95.0 cm³/mol. The molecule has 2 aromatic heterocycles. The van der Waals surface area contributed by atoms with Crippen LogP contribution in [0.2, 0.25) is 0 Å². The lowest BCUT2D eigenvalue weighted by molar-refractivity contribution is 0.220. The summed E-state index contributed by atoms with van der Waals surface area (Å²) in [6, 6.07) is 13.2. The number of hydrogen-bond acceptors (Lipinski definition) is 5. The summed E-state index contributed by atoms with van der Waals surface area (Å²) >= 11 is 0. The molecule has 0 aliphatic carbocycles. The normalized spacial score (nSPS) is 16.5. The van der Waals surface area contributed by atoms with Crippen molar-refractivity contribution in [1.29, 1.82) is 0 Å². The molecule has 0 amide bonds. The maximum Gasteiger partial charge on any atom is 0.295 e. The molecule has 3 aromatic rings. The summed E-state index contributed by atoms with van der Waals surface area (Å²) in [4.78, 5) is 11.1. The Balaban J connectivity index is 1.27. The minimum atomic E-state index is 0.440. The van der Waals surface area contributed by atoms with E-state index in [1.54, 1.807) is 0 Å². The summed E-state index contributed by atoms with van der Waals surface area (Å²) in [7, 11) is 0. The minimum Gasteiger partial charge on any atom is -0.424 e. The molecular weight excluding hydrogens is 300 g/mol. The van der Waals surface area contributed by atoms with Crippen LogP contribution in [0.3, 0.4) is 0 Å². The Labute approximate surface area is 141 Å². The van der Waals surface area contributed by atoms with Gasteiger partial charge in [-0.15, -0.1) is 0 Å². The zero-order valence-electron chi connectivity index (χ0n) is 13.7. The Hall–Kier alpha value is -2.40. The van der Waals surface area contributed by atoms with Gasteiger partial charge in [-0.05, 0) is 49.1 Å². The lowest BCUT2D eigenvalue weighted by Gasteiger charge is -2.32. The highest BCUT2D eigenvalue weighted by molar-refractivity contribution is 5.74. The molecule has 0 unspecified atom stereocenters. The van der Waals surface area contributed by atoms with E-state index in [9.17, 15) is 0 Å². The zero-order chi connectivity index (χ0) is 16.2. The standard InChI is InChI=1S/C19H22N4O/c1-2-4-18-17(3-1)22-19(24-18)21-16-8-13-23(14-9-16)12-7-15-5-10-20-11-6-15/h1-6,10-11,16H,7-9,12-14H2,(H,21,22). The zero-order valence-corrected chi connectivity index (χ0v) is 13.7. The number of fused-ring (bicyclic) bond motifs is 1. The van der Waals surface area contributed by atoms with Crippen molar-refractivity contribution in [2.75, 3.05) is 25.0 Å². The number of rotatable bonds is 5. The van der Waals surface area contributed by atoms with E-state index < -0.39 is 0 Å². The lowest BCUT2D eigenvalue weighted by atomic mass is 10.0. The summed E-state index contributed by atoms with van der Waals surface area (Å²) < 4.78 is 5.76. The van der Waals surface area contributed by atoms with Crippen LogP contribution in [-0.2, 0) is 6.42 Å². The number of anilines is 1. The van der Waals surface area contributed by atoms with Crippen molar-refractivity contribution in [3.05, 3.63) is 54.4 Å².